The van der Waals surface area contributed by atoms with Crippen molar-refractivity contribution < 1.29 is 23.7 Å². The lowest BCUT2D eigenvalue weighted by atomic mass is 10.0. The Hall–Kier alpha value is -3.07. The van der Waals surface area contributed by atoms with E-state index in [0.29, 0.717) is 34.1 Å². The van der Waals surface area contributed by atoms with Crippen LogP contribution in [0, 0.1) is 5.41 Å². The highest BCUT2D eigenvalue weighted by molar-refractivity contribution is 6.36. The van der Waals surface area contributed by atoms with Crippen LogP contribution >= 0.6 is 11.6 Å². The summed E-state index contributed by atoms with van der Waals surface area (Å²) in [5.41, 5.74) is 7.07. The third-order valence-corrected chi connectivity index (χ3v) is 4.30. The molecule has 0 atom stereocenters. The molecule has 0 amide bonds. The summed E-state index contributed by atoms with van der Waals surface area (Å²) < 4.78 is 21.3. The van der Waals surface area contributed by atoms with Crippen LogP contribution in [0.1, 0.15) is 23.1 Å². The topological polar surface area (TPSA) is 132 Å². The number of methoxy groups -OCH3 is 3. The van der Waals surface area contributed by atoms with Crippen molar-refractivity contribution >= 4 is 23.5 Å². The summed E-state index contributed by atoms with van der Waals surface area (Å²) >= 11 is 6.54. The summed E-state index contributed by atoms with van der Waals surface area (Å²) in [5, 5.41) is 10.2. The van der Waals surface area contributed by atoms with E-state index in [1.165, 1.54) is 21.3 Å². The van der Waals surface area contributed by atoms with Crippen molar-refractivity contribution in [1.82, 2.24) is 10.3 Å². The van der Waals surface area contributed by atoms with Gasteiger partial charge in [-0.3, -0.25) is 5.41 Å². The number of benzene rings is 1. The van der Waals surface area contributed by atoms with Crippen molar-refractivity contribution in [3.05, 3.63) is 28.5 Å². The van der Waals surface area contributed by atoms with Gasteiger partial charge in [0.2, 0.25) is 5.75 Å². The minimum atomic E-state index is -0.595. The molecule has 0 aliphatic heterocycles. The number of aromatic amines is 1. The third kappa shape index (κ3) is 4.09. The zero-order chi connectivity index (χ0) is 20.8. The number of esters is 1. The fourth-order valence-corrected chi connectivity index (χ4v) is 3.11. The molecule has 0 spiro atoms. The lowest BCUT2D eigenvalue weighted by molar-refractivity contribution is 0.0520. The SMILES string of the molecule is CCOC(=O)c1[nH]c(CNC(=N)N)c(-c2ccc(OC)c(OC)c2OC)c1Cl. The second-order valence-electron chi connectivity index (χ2n) is 5.54. The Kier molecular flexibility index (Phi) is 7.00. The second-order valence-corrected chi connectivity index (χ2v) is 5.92. The van der Waals surface area contributed by atoms with Crippen molar-refractivity contribution in [3.63, 3.8) is 0 Å². The Bertz CT molecular complexity index is 881. The second kappa shape index (κ2) is 9.23. The van der Waals surface area contributed by atoms with Crippen LogP contribution in [0.4, 0.5) is 0 Å². The van der Waals surface area contributed by atoms with Crippen LogP contribution in [0.5, 0.6) is 17.2 Å². The van der Waals surface area contributed by atoms with E-state index < -0.39 is 5.97 Å². The number of nitrogens with two attached hydrogens (primary N) is 1. The van der Waals surface area contributed by atoms with Crippen LogP contribution in [0.3, 0.4) is 0 Å². The Morgan fingerprint density at radius 3 is 2.43 bits per heavy atom. The standard InChI is InChI=1S/C18H23ClN4O5/c1-5-28-17(24)14-13(19)12(10(23-14)8-22-18(20)21)9-6-7-11(25-2)16(27-4)15(9)26-3/h6-7,23H,5,8H2,1-4H3,(H4,20,21,22). The number of rotatable bonds is 8. The molecule has 1 heterocycles. The van der Waals surface area contributed by atoms with Gasteiger partial charge in [0.25, 0.3) is 0 Å². The predicted molar refractivity (Wildman–Crippen MR) is 106 cm³/mol. The number of aromatic nitrogens is 1. The van der Waals surface area contributed by atoms with Crippen LogP contribution in [0.25, 0.3) is 11.1 Å². The van der Waals surface area contributed by atoms with E-state index in [1.54, 1.807) is 19.1 Å². The Morgan fingerprint density at radius 2 is 1.89 bits per heavy atom. The van der Waals surface area contributed by atoms with E-state index in [0.717, 1.165) is 0 Å². The van der Waals surface area contributed by atoms with E-state index in [2.05, 4.69) is 10.3 Å². The molecule has 28 heavy (non-hydrogen) atoms. The highest BCUT2D eigenvalue weighted by atomic mass is 35.5. The number of carbonyl (C=O) groups is 1. The molecule has 5 N–H and O–H groups in total. The van der Waals surface area contributed by atoms with Crippen LogP contribution in [-0.4, -0.2) is 44.8 Å². The van der Waals surface area contributed by atoms with E-state index >= 15 is 0 Å². The molecule has 0 aliphatic rings. The smallest absolute Gasteiger partial charge is 0.356 e. The molecule has 0 fully saturated rings. The molecule has 0 saturated carbocycles. The maximum absolute atomic E-state index is 12.3. The fraction of sp³-hybridized carbons (Fsp3) is 0.333. The maximum Gasteiger partial charge on any atom is 0.356 e. The maximum atomic E-state index is 12.3. The van der Waals surface area contributed by atoms with Gasteiger partial charge in [0.1, 0.15) is 5.69 Å². The van der Waals surface area contributed by atoms with Gasteiger partial charge in [-0.2, -0.15) is 0 Å². The number of ether oxygens (including phenoxy) is 4. The molecular weight excluding hydrogens is 388 g/mol. The largest absolute Gasteiger partial charge is 0.493 e. The minimum Gasteiger partial charge on any atom is -0.493 e. The average molecular weight is 411 g/mol. The average Bonchev–Trinajstić information content (AvgIpc) is 3.01. The first kappa shape index (κ1) is 21.2. The zero-order valence-corrected chi connectivity index (χ0v) is 16.8. The van der Waals surface area contributed by atoms with Crippen molar-refractivity contribution in [2.24, 2.45) is 5.73 Å². The van der Waals surface area contributed by atoms with Crippen molar-refractivity contribution in [2.75, 3.05) is 27.9 Å². The van der Waals surface area contributed by atoms with Gasteiger partial charge in [-0.05, 0) is 19.1 Å². The van der Waals surface area contributed by atoms with Gasteiger partial charge >= 0.3 is 5.97 Å². The van der Waals surface area contributed by atoms with Gasteiger partial charge in [-0.15, -0.1) is 0 Å². The van der Waals surface area contributed by atoms with Gasteiger partial charge in [-0.25, -0.2) is 4.79 Å². The molecule has 9 nitrogen and oxygen atoms in total. The monoisotopic (exact) mass is 410 g/mol. The van der Waals surface area contributed by atoms with E-state index in [9.17, 15) is 4.79 Å². The number of nitrogens with one attached hydrogen (secondary N) is 3. The molecule has 0 aliphatic carbocycles. The number of H-pyrrole nitrogens is 1. The van der Waals surface area contributed by atoms with E-state index in [-0.39, 0.29) is 29.8 Å². The predicted octanol–water partition coefficient (Wildman–Crippen LogP) is 2.52. The first-order valence-corrected chi connectivity index (χ1v) is 8.71. The van der Waals surface area contributed by atoms with Gasteiger partial charge in [0.15, 0.2) is 17.5 Å². The number of carbonyl (C=O) groups excluding carboxylic acids is 1. The van der Waals surface area contributed by atoms with Crippen molar-refractivity contribution in [1.29, 1.82) is 5.41 Å². The summed E-state index contributed by atoms with van der Waals surface area (Å²) in [4.78, 5) is 15.2. The van der Waals surface area contributed by atoms with Crippen molar-refractivity contribution in [2.45, 2.75) is 13.5 Å². The van der Waals surface area contributed by atoms with E-state index in [4.69, 9.17) is 41.7 Å². The molecule has 2 rings (SSSR count). The number of halogens is 1. The molecule has 0 saturated heterocycles. The van der Waals surface area contributed by atoms with Crippen LogP contribution in [-0.2, 0) is 11.3 Å². The summed E-state index contributed by atoms with van der Waals surface area (Å²) in [7, 11) is 4.49. The van der Waals surface area contributed by atoms with Gasteiger partial charge in [-0.1, -0.05) is 11.6 Å². The Labute approximate surface area is 167 Å². The fourth-order valence-electron chi connectivity index (χ4n) is 2.76. The lowest BCUT2D eigenvalue weighted by Crippen LogP contribution is -2.29. The quantitative estimate of drug-likeness (QED) is 0.298. The number of hydrogen-bond donors (Lipinski definition) is 4. The first-order chi connectivity index (χ1) is 13.4. The van der Waals surface area contributed by atoms with Crippen molar-refractivity contribution in [3.8, 4) is 28.4 Å². The summed E-state index contributed by atoms with van der Waals surface area (Å²) in [6.07, 6.45) is 0. The number of hydrogen-bond acceptors (Lipinski definition) is 6. The Balaban J connectivity index is 2.72. The van der Waals surface area contributed by atoms with E-state index in [1.807, 2.05) is 0 Å². The zero-order valence-electron chi connectivity index (χ0n) is 16.1. The molecule has 10 heteroatoms. The third-order valence-electron chi connectivity index (χ3n) is 3.93. The highest BCUT2D eigenvalue weighted by Gasteiger charge is 2.27. The van der Waals surface area contributed by atoms with Crippen LogP contribution < -0.4 is 25.3 Å². The van der Waals surface area contributed by atoms with Crippen LogP contribution in [0.15, 0.2) is 12.1 Å². The molecule has 1 aromatic carbocycles. The summed E-state index contributed by atoms with van der Waals surface area (Å²) in [5.74, 6) is 0.407. The Morgan fingerprint density at radius 1 is 1.21 bits per heavy atom. The molecule has 152 valence electrons. The normalized spacial score (nSPS) is 10.3. The lowest BCUT2D eigenvalue weighted by Gasteiger charge is -2.16. The number of guanidine groups is 1. The highest BCUT2D eigenvalue weighted by Crippen LogP contribution is 2.47. The summed E-state index contributed by atoms with van der Waals surface area (Å²) in [6.45, 7) is 2.02. The molecule has 1 aromatic heterocycles. The molecule has 0 unspecified atom stereocenters. The minimum absolute atomic E-state index is 0.0932. The van der Waals surface area contributed by atoms with Gasteiger partial charge in [0, 0.05) is 16.8 Å². The first-order valence-electron chi connectivity index (χ1n) is 8.34. The summed E-state index contributed by atoms with van der Waals surface area (Å²) in [6, 6.07) is 3.44. The molecule has 2 aromatic rings. The van der Waals surface area contributed by atoms with Gasteiger partial charge in [0.05, 0.1) is 39.5 Å². The molecular formula is C18H23ClN4O5. The van der Waals surface area contributed by atoms with Gasteiger partial charge < -0.3 is 35.0 Å². The molecule has 0 bridgehead atoms. The van der Waals surface area contributed by atoms with Crippen LogP contribution in [0.2, 0.25) is 5.02 Å². The molecule has 0 radical (unpaired) electrons.